The summed E-state index contributed by atoms with van der Waals surface area (Å²) in [6, 6.07) is 7.38. The third kappa shape index (κ3) is 8.62. The molecule has 5 rings (SSSR count). The van der Waals surface area contributed by atoms with Gasteiger partial charge in [0.1, 0.15) is 40.7 Å². The van der Waals surface area contributed by atoms with Gasteiger partial charge in [-0.15, -0.1) is 0 Å². The molecule has 298 valence electrons. The van der Waals surface area contributed by atoms with Gasteiger partial charge in [0.2, 0.25) is 5.91 Å². The molecule has 0 unspecified atom stereocenters. The van der Waals surface area contributed by atoms with Crippen LogP contribution in [0, 0.1) is 12.8 Å². The van der Waals surface area contributed by atoms with Gasteiger partial charge >= 0.3 is 12.1 Å². The summed E-state index contributed by atoms with van der Waals surface area (Å²) in [5.74, 6) is -1.83. The molecule has 0 aliphatic carbocycles. The third-order valence-electron chi connectivity index (χ3n) is 10.9. The Morgan fingerprint density at radius 3 is 2.55 bits per heavy atom. The zero-order valence-electron chi connectivity index (χ0n) is 32.7. The van der Waals surface area contributed by atoms with Crippen molar-refractivity contribution in [3.8, 4) is 5.75 Å². The van der Waals surface area contributed by atoms with E-state index >= 15 is 0 Å². The summed E-state index contributed by atoms with van der Waals surface area (Å²) in [6.45, 7) is 8.70. The number of fused-ring (bicyclic) bond motifs is 5. The molecule has 2 aromatic rings. The number of hydrogen-bond acceptors (Lipinski definition) is 11. The number of ether oxygens (including phenoxy) is 5. The fraction of sp³-hybridized carbons (Fsp3) is 0.500. The molecule has 0 aromatic heterocycles. The zero-order chi connectivity index (χ0) is 40.6. The van der Waals surface area contributed by atoms with E-state index in [1.54, 1.807) is 70.3 Å². The molecule has 3 heterocycles. The van der Waals surface area contributed by atoms with Crippen LogP contribution in [0.1, 0.15) is 62.0 Å². The number of rotatable bonds is 6. The molecule has 3 amide bonds. The molecule has 2 saturated heterocycles. The smallest absolute Gasteiger partial charge is 0.409 e. The molecule has 3 aliphatic rings. The Morgan fingerprint density at radius 2 is 1.89 bits per heavy atom. The molecular weight excluding hydrogens is 732 g/mol. The van der Waals surface area contributed by atoms with E-state index in [1.807, 2.05) is 13.0 Å². The fourth-order valence-corrected chi connectivity index (χ4v) is 7.61. The van der Waals surface area contributed by atoms with Crippen LogP contribution in [0.25, 0.3) is 0 Å². The summed E-state index contributed by atoms with van der Waals surface area (Å²) in [4.78, 5) is 57.1. The van der Waals surface area contributed by atoms with Crippen LogP contribution in [0.4, 0.5) is 16.2 Å². The number of methoxy groups -OCH3 is 2. The molecule has 8 atom stereocenters. The largest absolute Gasteiger partial charge is 0.495 e. The average Bonchev–Trinajstić information content (AvgIpc) is 3.83. The molecule has 2 aromatic carbocycles. The lowest BCUT2D eigenvalue weighted by molar-refractivity contribution is -0.158. The summed E-state index contributed by atoms with van der Waals surface area (Å²) < 4.78 is 29.3. The van der Waals surface area contributed by atoms with Crippen LogP contribution in [-0.4, -0.2) is 104 Å². The maximum atomic E-state index is 14.2. The number of amides is 3. The van der Waals surface area contributed by atoms with Crippen molar-refractivity contribution in [2.45, 2.75) is 95.7 Å². The van der Waals surface area contributed by atoms with Gasteiger partial charge in [-0.3, -0.25) is 14.9 Å². The minimum absolute atomic E-state index is 0.0634. The van der Waals surface area contributed by atoms with E-state index in [2.05, 4.69) is 5.32 Å². The Kier molecular flexibility index (Phi) is 12.3. The van der Waals surface area contributed by atoms with Crippen LogP contribution in [0.15, 0.2) is 54.1 Å². The van der Waals surface area contributed by atoms with E-state index < -0.39 is 71.6 Å². The van der Waals surface area contributed by atoms with Crippen molar-refractivity contribution in [3.63, 3.8) is 0 Å². The normalized spacial score (nSPS) is 30.4. The van der Waals surface area contributed by atoms with Crippen LogP contribution in [0.2, 0.25) is 5.02 Å². The molecule has 0 spiro atoms. The van der Waals surface area contributed by atoms with Crippen LogP contribution in [0.3, 0.4) is 0 Å². The highest BCUT2D eigenvalue weighted by molar-refractivity contribution is 6.35. The first-order valence-electron chi connectivity index (χ1n) is 18.1. The highest BCUT2D eigenvalue weighted by Crippen LogP contribution is 2.49. The summed E-state index contributed by atoms with van der Waals surface area (Å²) in [7, 11) is 5.97. The Bertz CT molecular complexity index is 1900. The number of nitrogens with zero attached hydrogens (tertiary/aromatic N) is 2. The number of halogens is 1. The number of allylic oxidation sites excluding steroid dienone is 3. The second kappa shape index (κ2) is 16.2. The van der Waals surface area contributed by atoms with E-state index in [0.717, 1.165) is 11.1 Å². The number of hydrogen-bond donors (Lipinski definition) is 3. The molecule has 15 heteroatoms. The van der Waals surface area contributed by atoms with Crippen LogP contribution in [-0.2, 0) is 35.0 Å². The minimum Gasteiger partial charge on any atom is -0.495 e. The molecular formula is C40H51ClN4O10. The van der Waals surface area contributed by atoms with Gasteiger partial charge < -0.3 is 44.3 Å². The number of nitrogens with two attached hydrogens (primary N) is 1. The Balaban J connectivity index is 1.52. The average molecular weight is 783 g/mol. The van der Waals surface area contributed by atoms with Crippen molar-refractivity contribution in [3.05, 3.63) is 75.8 Å². The molecule has 0 saturated carbocycles. The molecule has 2 fully saturated rings. The van der Waals surface area contributed by atoms with Gasteiger partial charge in [0.25, 0.3) is 5.91 Å². The summed E-state index contributed by atoms with van der Waals surface area (Å²) in [6.07, 6.45) is 0.779. The van der Waals surface area contributed by atoms with Crippen molar-refractivity contribution in [1.82, 2.24) is 10.2 Å². The number of nitrogen functional groups attached to an aromatic ring is 1. The van der Waals surface area contributed by atoms with Gasteiger partial charge in [-0.1, -0.05) is 42.3 Å². The monoisotopic (exact) mass is 782 g/mol. The second-order valence-corrected chi connectivity index (χ2v) is 15.3. The number of carbonyl (C=O) groups excluding carboxylic acids is 4. The standard InChI is InChI=1S/C40H51ClN4O10/c1-21-11-10-12-31(52-9)40(50)20-30(53-38(49)43-40)23(3)35-39(5,55-35)32(19-33(46)45(7)28-17-25(15-21)18-29(51-8)34(28)41)54-37(48)24(4)44(6)36(47)27-14-13-26(42)16-22(27)2/h10-14,16-18,23-24,30-32,35,50H,15,19-20,42H2,1-9H3,(H,43,49)/b12-10+,21-11+/t23-,24+,30+,31-,32+,35+,39+,40+/m1/s1. The minimum atomic E-state index is -1.84. The quantitative estimate of drug-likeness (QED) is 0.210. The topological polar surface area (TPSA) is 182 Å². The molecule has 4 N–H and O–H groups in total. The zero-order valence-corrected chi connectivity index (χ0v) is 33.4. The number of aliphatic hydroxyl groups is 1. The van der Waals surface area contributed by atoms with Gasteiger partial charge in [-0.2, -0.15) is 0 Å². The van der Waals surface area contributed by atoms with E-state index in [4.69, 9.17) is 41.0 Å². The number of epoxide rings is 1. The molecule has 14 nitrogen and oxygen atoms in total. The van der Waals surface area contributed by atoms with Gasteiger partial charge in [-0.25, -0.2) is 9.59 Å². The maximum absolute atomic E-state index is 14.2. The fourth-order valence-electron chi connectivity index (χ4n) is 7.29. The Hall–Kier alpha value is -4.63. The van der Waals surface area contributed by atoms with Gasteiger partial charge in [0.05, 0.1) is 25.3 Å². The number of anilines is 2. The summed E-state index contributed by atoms with van der Waals surface area (Å²) >= 11 is 6.77. The lowest BCUT2D eigenvalue weighted by atomic mass is 9.83. The first kappa shape index (κ1) is 41.5. The summed E-state index contributed by atoms with van der Waals surface area (Å²) in [5, 5.41) is 14.5. The lowest BCUT2D eigenvalue weighted by Gasteiger charge is -2.42. The predicted molar refractivity (Wildman–Crippen MR) is 206 cm³/mol. The van der Waals surface area contributed by atoms with E-state index in [9.17, 15) is 24.3 Å². The van der Waals surface area contributed by atoms with Crippen molar-refractivity contribution < 1.29 is 48.0 Å². The highest BCUT2D eigenvalue weighted by atomic mass is 35.5. The number of nitrogens with one attached hydrogen (secondary N) is 1. The molecule has 55 heavy (non-hydrogen) atoms. The third-order valence-corrected chi connectivity index (χ3v) is 11.3. The Morgan fingerprint density at radius 1 is 1.18 bits per heavy atom. The van der Waals surface area contributed by atoms with Crippen molar-refractivity contribution in [2.24, 2.45) is 5.92 Å². The SMILES string of the molecule is COc1cc2cc(c1Cl)N(C)C(=O)C[C@H](OC(=O)[C@H](C)N(C)C(=O)c1ccc(N)cc1C)[C@]1(C)O[C@H]1[C@H](C)[C@@H]1C[C@@](O)(NC(=O)O1)[C@H](OC)/C=C/C=C(\C)C2. The number of carbonyl (C=O) groups is 4. The number of benzene rings is 2. The van der Waals surface area contributed by atoms with Crippen molar-refractivity contribution in [2.75, 3.05) is 38.9 Å². The van der Waals surface area contributed by atoms with Gasteiger partial charge in [0, 0.05) is 44.8 Å². The first-order chi connectivity index (χ1) is 25.8. The molecule has 3 aliphatic heterocycles. The maximum Gasteiger partial charge on any atom is 0.409 e. The van der Waals surface area contributed by atoms with Crippen LogP contribution >= 0.6 is 11.6 Å². The van der Waals surface area contributed by atoms with Crippen molar-refractivity contribution >= 4 is 46.9 Å². The Labute approximate surface area is 326 Å². The van der Waals surface area contributed by atoms with Crippen molar-refractivity contribution in [1.29, 1.82) is 0 Å². The highest BCUT2D eigenvalue weighted by Gasteiger charge is 2.64. The van der Waals surface area contributed by atoms with Gasteiger partial charge in [0.15, 0.2) is 5.72 Å². The summed E-state index contributed by atoms with van der Waals surface area (Å²) in [5.41, 5.74) is 6.41. The first-order valence-corrected chi connectivity index (χ1v) is 18.4. The number of likely N-dealkylation sites (N-methyl/N-ethyl adjacent to an activating group) is 1. The number of aryl methyl sites for hydroxylation is 1. The molecule has 4 bridgehead atoms. The predicted octanol–water partition coefficient (Wildman–Crippen LogP) is 4.72. The van der Waals surface area contributed by atoms with Gasteiger partial charge in [-0.05, 0) is 75.6 Å². The van der Waals surface area contributed by atoms with Crippen LogP contribution < -0.4 is 20.7 Å². The number of alkyl carbamates (subject to hydrolysis) is 1. The van der Waals surface area contributed by atoms with E-state index in [0.29, 0.717) is 34.7 Å². The van der Waals surface area contributed by atoms with E-state index in [-0.39, 0.29) is 17.9 Å². The number of esters is 1. The van der Waals surface area contributed by atoms with Crippen LogP contribution in [0.5, 0.6) is 5.75 Å². The lowest BCUT2D eigenvalue weighted by Crippen LogP contribution is -2.63. The molecule has 0 radical (unpaired) electrons. The second-order valence-electron chi connectivity index (χ2n) is 14.9. The van der Waals surface area contributed by atoms with E-state index in [1.165, 1.54) is 38.0 Å².